The van der Waals surface area contributed by atoms with Gasteiger partial charge < -0.3 is 9.66 Å². The smallest absolute Gasteiger partial charge is 0.748 e. The van der Waals surface area contributed by atoms with Crippen LogP contribution in [0.4, 0.5) is 0 Å². The van der Waals surface area contributed by atoms with Crippen LogP contribution in [0.15, 0.2) is 0 Å². The number of hydrogen-bond acceptors (Lipinski definition) is 4. The second-order valence-electron chi connectivity index (χ2n) is 5.34. The van der Waals surface area contributed by atoms with E-state index in [-0.39, 0.29) is 35.7 Å². The van der Waals surface area contributed by atoms with Crippen LogP contribution in [0.1, 0.15) is 78.1 Å². The molecule has 4 nitrogen and oxygen atoms in total. The molecule has 6 heteroatoms. The second kappa shape index (κ2) is 13.5. The van der Waals surface area contributed by atoms with E-state index in [0.717, 1.165) is 51.4 Å². The van der Waals surface area contributed by atoms with Gasteiger partial charge in [-0.2, -0.15) is 0 Å². The molecule has 0 aromatic heterocycles. The van der Waals surface area contributed by atoms with Crippen LogP contribution in [-0.2, 0) is 10.1 Å². The first kappa shape index (κ1) is 23.1. The first-order valence-corrected chi connectivity index (χ1v) is 9.01. The molecule has 20 heavy (non-hydrogen) atoms. The van der Waals surface area contributed by atoms with Crippen LogP contribution in [-0.4, -0.2) is 29.4 Å². The van der Waals surface area contributed by atoms with Gasteiger partial charge in [0, 0.05) is 5.25 Å². The molecule has 0 aliphatic heterocycles. The fourth-order valence-corrected chi connectivity index (χ4v) is 3.25. The Morgan fingerprint density at radius 1 is 0.900 bits per heavy atom. The molecule has 0 fully saturated rings. The van der Waals surface area contributed by atoms with E-state index >= 15 is 0 Å². The normalized spacial score (nSPS) is 14.6. The average molecular weight is 316 g/mol. The van der Waals surface area contributed by atoms with Crippen molar-refractivity contribution < 1.29 is 47.6 Å². The van der Waals surface area contributed by atoms with E-state index in [1.165, 1.54) is 0 Å². The summed E-state index contributed by atoms with van der Waals surface area (Å²) < 4.78 is 33.0. The van der Waals surface area contributed by atoms with Crippen molar-refractivity contribution in [3.8, 4) is 0 Å². The van der Waals surface area contributed by atoms with Crippen molar-refractivity contribution >= 4 is 10.1 Å². The van der Waals surface area contributed by atoms with Crippen molar-refractivity contribution in [1.29, 1.82) is 0 Å². The monoisotopic (exact) mass is 316 g/mol. The van der Waals surface area contributed by atoms with Gasteiger partial charge in [-0.15, -0.1) is 0 Å². The van der Waals surface area contributed by atoms with Crippen LogP contribution >= 0.6 is 0 Å². The zero-order valence-corrected chi connectivity index (χ0v) is 16.1. The molecular formula is C14H29NaO4S. The minimum Gasteiger partial charge on any atom is -0.748 e. The van der Waals surface area contributed by atoms with Gasteiger partial charge in [-0.25, -0.2) is 8.42 Å². The summed E-state index contributed by atoms with van der Waals surface area (Å²) in [5.74, 6) is 0. The quantitative estimate of drug-likeness (QED) is 0.317. The van der Waals surface area contributed by atoms with Crippen molar-refractivity contribution in [2.45, 2.75) is 89.4 Å². The van der Waals surface area contributed by atoms with Gasteiger partial charge >= 0.3 is 29.6 Å². The minimum atomic E-state index is -4.14. The van der Waals surface area contributed by atoms with Crippen molar-refractivity contribution in [2.24, 2.45) is 0 Å². The molecule has 0 amide bonds. The predicted molar refractivity (Wildman–Crippen MR) is 77.0 cm³/mol. The molecule has 0 radical (unpaired) electrons. The van der Waals surface area contributed by atoms with E-state index in [2.05, 4.69) is 6.92 Å². The van der Waals surface area contributed by atoms with Crippen LogP contribution in [0.5, 0.6) is 0 Å². The van der Waals surface area contributed by atoms with Crippen molar-refractivity contribution in [1.82, 2.24) is 0 Å². The van der Waals surface area contributed by atoms with Crippen LogP contribution < -0.4 is 29.6 Å². The number of rotatable bonds is 12. The summed E-state index contributed by atoms with van der Waals surface area (Å²) in [6.45, 7) is 3.99. The Morgan fingerprint density at radius 2 is 1.45 bits per heavy atom. The molecule has 0 heterocycles. The number of hydrogen-bond donors (Lipinski definition) is 1. The van der Waals surface area contributed by atoms with E-state index < -0.39 is 15.4 Å². The summed E-state index contributed by atoms with van der Waals surface area (Å²) in [6.07, 6.45) is 7.75. The summed E-state index contributed by atoms with van der Waals surface area (Å²) in [6, 6.07) is 0. The van der Waals surface area contributed by atoms with Crippen LogP contribution in [0.25, 0.3) is 0 Å². The van der Waals surface area contributed by atoms with Crippen molar-refractivity contribution in [3.05, 3.63) is 0 Å². The van der Waals surface area contributed by atoms with E-state index in [1.54, 1.807) is 0 Å². The topological polar surface area (TPSA) is 77.4 Å². The molecule has 0 aromatic rings. The maximum atomic E-state index is 11.0. The molecule has 0 aliphatic rings. The molecule has 0 saturated heterocycles. The average Bonchev–Trinajstić information content (AvgIpc) is 2.33. The Kier molecular flexibility index (Phi) is 15.7. The third-order valence-corrected chi connectivity index (χ3v) is 4.76. The molecule has 0 aromatic carbocycles. The van der Waals surface area contributed by atoms with E-state index in [1.807, 2.05) is 6.92 Å². The fourth-order valence-electron chi connectivity index (χ4n) is 2.27. The molecule has 0 rings (SSSR count). The summed E-state index contributed by atoms with van der Waals surface area (Å²) in [7, 11) is -4.14. The summed E-state index contributed by atoms with van der Waals surface area (Å²) >= 11 is 0. The standard InChI is InChI=1S/C14H30O4S.Na/c1-3-5-10-13(15)11-7-6-8-12-14(9-4-2)19(16,17)18;/h13-15H,3-12H2,1-2H3,(H,16,17,18);/q;+1/p-1. The maximum Gasteiger partial charge on any atom is 1.00 e. The van der Waals surface area contributed by atoms with E-state index in [4.69, 9.17) is 0 Å². The largest absolute Gasteiger partial charge is 1.00 e. The number of unbranched alkanes of at least 4 members (excludes halogenated alkanes) is 3. The Balaban J connectivity index is 0. The molecule has 2 unspecified atom stereocenters. The van der Waals surface area contributed by atoms with Gasteiger partial charge in [0.15, 0.2) is 0 Å². The molecule has 0 aliphatic carbocycles. The molecule has 116 valence electrons. The van der Waals surface area contributed by atoms with Gasteiger partial charge in [0.2, 0.25) is 0 Å². The summed E-state index contributed by atoms with van der Waals surface area (Å²) in [5, 5.41) is 8.94. The van der Waals surface area contributed by atoms with E-state index in [0.29, 0.717) is 12.8 Å². The summed E-state index contributed by atoms with van der Waals surface area (Å²) in [5.41, 5.74) is 0. The molecule has 0 saturated carbocycles. The third kappa shape index (κ3) is 12.6. The minimum absolute atomic E-state index is 0. The zero-order chi connectivity index (χ0) is 14.7. The Labute approximate surface area is 146 Å². The number of aliphatic hydroxyl groups excluding tert-OH is 1. The third-order valence-electron chi connectivity index (χ3n) is 3.47. The molecule has 1 N–H and O–H groups in total. The first-order chi connectivity index (χ1) is 8.91. The second-order valence-corrected chi connectivity index (χ2v) is 6.99. The molecule has 0 spiro atoms. The van der Waals surface area contributed by atoms with Gasteiger partial charge in [-0.05, 0) is 25.7 Å². The zero-order valence-electron chi connectivity index (χ0n) is 13.3. The van der Waals surface area contributed by atoms with Gasteiger partial charge in [0.05, 0.1) is 16.2 Å². The van der Waals surface area contributed by atoms with Crippen molar-refractivity contribution in [2.75, 3.05) is 0 Å². The SMILES string of the molecule is CCCCC(O)CCCCCC(CCC)S(=O)(=O)[O-].[Na+]. The first-order valence-electron chi connectivity index (χ1n) is 7.54. The Hall–Kier alpha value is 0.870. The van der Waals surface area contributed by atoms with Gasteiger partial charge in [0.25, 0.3) is 0 Å². The van der Waals surface area contributed by atoms with Gasteiger partial charge in [-0.3, -0.25) is 0 Å². The predicted octanol–water partition coefficient (Wildman–Crippen LogP) is 0.206. The van der Waals surface area contributed by atoms with E-state index in [9.17, 15) is 18.1 Å². The van der Waals surface area contributed by atoms with Crippen LogP contribution in [0.3, 0.4) is 0 Å². The Bertz CT molecular complexity index is 306. The summed E-state index contributed by atoms with van der Waals surface area (Å²) in [4.78, 5) is 0. The number of aliphatic hydroxyl groups is 1. The van der Waals surface area contributed by atoms with Crippen LogP contribution in [0, 0.1) is 0 Å². The van der Waals surface area contributed by atoms with Crippen LogP contribution in [0.2, 0.25) is 0 Å². The fraction of sp³-hybridized carbons (Fsp3) is 1.00. The Morgan fingerprint density at radius 3 is 1.95 bits per heavy atom. The van der Waals surface area contributed by atoms with Gasteiger partial charge in [0.1, 0.15) is 0 Å². The molecule has 0 bridgehead atoms. The molecular weight excluding hydrogens is 287 g/mol. The van der Waals surface area contributed by atoms with Crippen molar-refractivity contribution in [3.63, 3.8) is 0 Å². The van der Waals surface area contributed by atoms with Gasteiger partial charge in [-0.1, -0.05) is 52.4 Å². The maximum absolute atomic E-state index is 11.0. The molecule has 2 atom stereocenters.